The first kappa shape index (κ1) is 17.3. The fourth-order valence-electron chi connectivity index (χ4n) is 5.37. The van der Waals surface area contributed by atoms with Crippen molar-refractivity contribution in [2.45, 2.75) is 78.3 Å². The molecule has 0 aromatic carbocycles. The highest BCUT2D eigenvalue weighted by Crippen LogP contribution is 2.63. The maximum atomic E-state index is 6.58. The summed E-state index contributed by atoms with van der Waals surface area (Å²) in [5, 5.41) is 0. The molecule has 2 atom stereocenters. The van der Waals surface area contributed by atoms with Gasteiger partial charge in [0.15, 0.2) is 0 Å². The molecule has 0 radical (unpaired) electrons. The predicted octanol–water partition coefficient (Wildman–Crippen LogP) is 3.94. The number of hydrogen-bond donors (Lipinski definition) is 3. The molecule has 19 heavy (non-hydrogen) atoms. The van der Waals surface area contributed by atoms with Crippen LogP contribution < -0.4 is 11.5 Å². The Labute approximate surface area is 125 Å². The Kier molecular flexibility index (Phi) is 5.80. The summed E-state index contributed by atoms with van der Waals surface area (Å²) in [7, 11) is 0. The van der Waals surface area contributed by atoms with Gasteiger partial charge < -0.3 is 11.5 Å². The van der Waals surface area contributed by atoms with E-state index < -0.39 is 5.66 Å². The quantitative estimate of drug-likeness (QED) is 0.511. The summed E-state index contributed by atoms with van der Waals surface area (Å²) in [5.41, 5.74) is 12.8. The summed E-state index contributed by atoms with van der Waals surface area (Å²) in [6.07, 6.45) is 8.43. The van der Waals surface area contributed by atoms with Crippen LogP contribution in [0, 0.1) is 16.7 Å². The van der Waals surface area contributed by atoms with E-state index in [1.807, 2.05) is 0 Å². The molecule has 3 heteroatoms. The molecule has 0 heterocycles. The smallest absolute Gasteiger partial charge is 0.0790 e. The summed E-state index contributed by atoms with van der Waals surface area (Å²) >= 11 is 4.48. The van der Waals surface area contributed by atoms with Crippen LogP contribution >= 0.6 is 12.6 Å². The van der Waals surface area contributed by atoms with Gasteiger partial charge in [-0.1, -0.05) is 40.5 Å². The Morgan fingerprint density at radius 1 is 1.11 bits per heavy atom. The largest absolute Gasteiger partial charge is 0.312 e. The maximum Gasteiger partial charge on any atom is 0.0790 e. The van der Waals surface area contributed by atoms with E-state index in [0.29, 0.717) is 5.75 Å². The fourth-order valence-corrected chi connectivity index (χ4v) is 5.67. The summed E-state index contributed by atoms with van der Waals surface area (Å²) in [6.45, 7) is 9.26. The van der Waals surface area contributed by atoms with Crippen molar-refractivity contribution in [1.82, 2.24) is 0 Å². The van der Waals surface area contributed by atoms with Gasteiger partial charge in [0.1, 0.15) is 0 Å². The monoisotopic (exact) mass is 286 g/mol. The van der Waals surface area contributed by atoms with Gasteiger partial charge in [0.05, 0.1) is 5.66 Å². The van der Waals surface area contributed by atoms with Crippen LogP contribution in [0.2, 0.25) is 0 Å². The van der Waals surface area contributed by atoms with Gasteiger partial charge in [0.2, 0.25) is 0 Å². The zero-order chi connectivity index (χ0) is 14.7. The minimum Gasteiger partial charge on any atom is -0.312 e. The summed E-state index contributed by atoms with van der Waals surface area (Å²) in [5.74, 6) is 1.32. The Bertz CT molecular complexity index is 286. The van der Waals surface area contributed by atoms with E-state index in [9.17, 15) is 0 Å². The predicted molar refractivity (Wildman–Crippen MR) is 88.3 cm³/mol. The van der Waals surface area contributed by atoms with Crippen molar-refractivity contribution in [3.05, 3.63) is 0 Å². The van der Waals surface area contributed by atoms with Gasteiger partial charge in [-0.2, -0.15) is 12.6 Å². The molecular formula is C16H34N2S. The molecule has 2 nitrogen and oxygen atoms in total. The number of thiol groups is 1. The molecule has 0 aliphatic heterocycles. The number of rotatable bonds is 6. The highest BCUT2D eigenvalue weighted by Gasteiger charge is 2.60. The van der Waals surface area contributed by atoms with Crippen molar-refractivity contribution < 1.29 is 0 Å². The van der Waals surface area contributed by atoms with Crippen molar-refractivity contribution in [2.75, 3.05) is 5.75 Å². The lowest BCUT2D eigenvalue weighted by molar-refractivity contribution is -0.119. The van der Waals surface area contributed by atoms with Crippen LogP contribution in [0.4, 0.5) is 0 Å². The first-order valence-corrected chi connectivity index (χ1v) is 8.73. The average molecular weight is 287 g/mol. The molecule has 1 rings (SSSR count). The normalized spacial score (nSPS) is 31.4. The summed E-state index contributed by atoms with van der Waals surface area (Å²) in [6, 6.07) is 0. The van der Waals surface area contributed by atoms with Gasteiger partial charge >= 0.3 is 0 Å². The molecule has 1 fully saturated rings. The molecule has 0 aromatic heterocycles. The van der Waals surface area contributed by atoms with Crippen LogP contribution in [0.5, 0.6) is 0 Å². The van der Waals surface area contributed by atoms with Gasteiger partial charge in [-0.3, -0.25) is 0 Å². The summed E-state index contributed by atoms with van der Waals surface area (Å²) < 4.78 is 0. The zero-order valence-electron chi connectivity index (χ0n) is 13.3. The SMILES string of the molecule is CCC1CCCC(CC)(C(N)(N)CS)C1(CC)CC. The third kappa shape index (κ3) is 2.36. The minimum absolute atomic E-state index is 0.0319. The Morgan fingerprint density at radius 3 is 2.05 bits per heavy atom. The van der Waals surface area contributed by atoms with Crippen molar-refractivity contribution in [1.29, 1.82) is 0 Å². The van der Waals surface area contributed by atoms with Gasteiger partial charge in [0, 0.05) is 11.2 Å². The van der Waals surface area contributed by atoms with E-state index in [4.69, 9.17) is 11.5 Å². The second kappa shape index (κ2) is 6.36. The van der Waals surface area contributed by atoms with E-state index >= 15 is 0 Å². The lowest BCUT2D eigenvalue weighted by Gasteiger charge is -2.63. The molecular weight excluding hydrogens is 252 g/mol. The van der Waals surface area contributed by atoms with Crippen molar-refractivity contribution in [2.24, 2.45) is 28.2 Å². The van der Waals surface area contributed by atoms with Gasteiger partial charge in [-0.25, -0.2) is 0 Å². The van der Waals surface area contributed by atoms with E-state index in [-0.39, 0.29) is 10.8 Å². The molecule has 1 aliphatic rings. The van der Waals surface area contributed by atoms with E-state index in [1.165, 1.54) is 32.1 Å². The standard InChI is InChI=1S/C16H34N2S/c1-5-13-10-9-11-15(8-4,16(17,18)12-19)14(13,6-2)7-3/h13,19H,5-12,17-18H2,1-4H3. The molecule has 0 amide bonds. The van der Waals surface area contributed by atoms with Crippen molar-refractivity contribution in [3.63, 3.8) is 0 Å². The molecule has 2 unspecified atom stereocenters. The second-order valence-corrected chi connectivity index (χ2v) is 6.81. The summed E-state index contributed by atoms with van der Waals surface area (Å²) in [4.78, 5) is 0. The zero-order valence-corrected chi connectivity index (χ0v) is 14.2. The van der Waals surface area contributed by atoms with Crippen LogP contribution in [0.15, 0.2) is 0 Å². The third-order valence-electron chi connectivity index (χ3n) is 6.40. The van der Waals surface area contributed by atoms with E-state index in [1.54, 1.807) is 0 Å². The average Bonchev–Trinajstić information content (AvgIpc) is 2.45. The number of nitrogens with two attached hydrogens (primary N) is 2. The Hall–Kier alpha value is 0.270. The van der Waals surface area contributed by atoms with Crippen LogP contribution in [0.1, 0.15) is 72.6 Å². The molecule has 114 valence electrons. The van der Waals surface area contributed by atoms with Crippen molar-refractivity contribution >= 4 is 12.6 Å². The van der Waals surface area contributed by atoms with Gasteiger partial charge in [-0.15, -0.1) is 0 Å². The molecule has 4 N–H and O–H groups in total. The van der Waals surface area contributed by atoms with Crippen molar-refractivity contribution in [3.8, 4) is 0 Å². The number of hydrogen-bond acceptors (Lipinski definition) is 3. The minimum atomic E-state index is -0.662. The Morgan fingerprint density at radius 2 is 1.68 bits per heavy atom. The molecule has 1 aliphatic carbocycles. The highest BCUT2D eigenvalue weighted by molar-refractivity contribution is 7.80. The first-order chi connectivity index (χ1) is 8.91. The first-order valence-electron chi connectivity index (χ1n) is 8.09. The molecule has 0 bridgehead atoms. The van der Waals surface area contributed by atoms with Crippen LogP contribution in [0.25, 0.3) is 0 Å². The van der Waals surface area contributed by atoms with Gasteiger partial charge in [0.25, 0.3) is 0 Å². The Balaban J connectivity index is 3.40. The molecule has 0 aromatic rings. The van der Waals surface area contributed by atoms with E-state index in [0.717, 1.165) is 18.8 Å². The lowest BCUT2D eigenvalue weighted by atomic mass is 9.44. The third-order valence-corrected chi connectivity index (χ3v) is 6.92. The van der Waals surface area contributed by atoms with Crippen LogP contribution in [-0.4, -0.2) is 11.4 Å². The van der Waals surface area contributed by atoms with Crippen LogP contribution in [0.3, 0.4) is 0 Å². The van der Waals surface area contributed by atoms with Crippen LogP contribution in [-0.2, 0) is 0 Å². The highest BCUT2D eigenvalue weighted by atomic mass is 32.1. The van der Waals surface area contributed by atoms with E-state index in [2.05, 4.69) is 40.3 Å². The topological polar surface area (TPSA) is 52.0 Å². The molecule has 1 saturated carbocycles. The fraction of sp³-hybridized carbons (Fsp3) is 1.00. The molecule has 0 spiro atoms. The second-order valence-electron chi connectivity index (χ2n) is 6.49. The molecule has 0 saturated heterocycles. The van der Waals surface area contributed by atoms with Gasteiger partial charge in [-0.05, 0) is 43.4 Å². The lowest BCUT2D eigenvalue weighted by Crippen LogP contribution is -2.71. The maximum absolute atomic E-state index is 6.58.